The summed E-state index contributed by atoms with van der Waals surface area (Å²) in [7, 11) is 0. The second kappa shape index (κ2) is 5.70. The van der Waals surface area contributed by atoms with Crippen molar-refractivity contribution in [1.29, 1.82) is 0 Å². The summed E-state index contributed by atoms with van der Waals surface area (Å²) in [5, 5.41) is 10.2. The van der Waals surface area contributed by atoms with Gasteiger partial charge >= 0.3 is 0 Å². The highest BCUT2D eigenvalue weighted by Crippen LogP contribution is 2.34. The van der Waals surface area contributed by atoms with E-state index in [1.165, 1.54) is 12.1 Å². The molecule has 0 aliphatic heterocycles. The predicted molar refractivity (Wildman–Crippen MR) is 77.3 cm³/mol. The molecule has 0 saturated heterocycles. The highest BCUT2D eigenvalue weighted by molar-refractivity contribution is 9.11. The van der Waals surface area contributed by atoms with Gasteiger partial charge in [0.15, 0.2) is 0 Å². The summed E-state index contributed by atoms with van der Waals surface area (Å²) < 4.78 is 14.9. The van der Waals surface area contributed by atoms with Crippen LogP contribution in [0, 0.1) is 5.82 Å². The third-order valence-corrected chi connectivity index (χ3v) is 4.14. The average Bonchev–Trinajstić information content (AvgIpc) is 2.35. The molecule has 0 radical (unpaired) electrons. The van der Waals surface area contributed by atoms with Gasteiger partial charge in [-0.3, -0.25) is 0 Å². The standard InChI is InChI=1S/C13H8Br2ClFO/c14-7-4-5-10(15)9(6-7)13(18)8-2-1-3-11(17)12(8)16/h1-6,13,18H. The van der Waals surface area contributed by atoms with E-state index in [1.54, 1.807) is 18.2 Å². The highest BCUT2D eigenvalue weighted by Gasteiger charge is 2.18. The minimum absolute atomic E-state index is 0.0584. The fourth-order valence-corrected chi connectivity index (χ4v) is 2.69. The van der Waals surface area contributed by atoms with Gasteiger partial charge in [-0.15, -0.1) is 0 Å². The molecule has 0 aliphatic rings. The Morgan fingerprint density at radius 2 is 1.83 bits per heavy atom. The quantitative estimate of drug-likeness (QED) is 0.753. The van der Waals surface area contributed by atoms with Gasteiger partial charge in [-0.1, -0.05) is 55.6 Å². The van der Waals surface area contributed by atoms with Gasteiger partial charge in [0, 0.05) is 20.1 Å². The van der Waals surface area contributed by atoms with Gasteiger partial charge in [0.2, 0.25) is 0 Å². The van der Waals surface area contributed by atoms with E-state index in [0.717, 1.165) is 8.95 Å². The lowest BCUT2D eigenvalue weighted by molar-refractivity contribution is 0.219. The van der Waals surface area contributed by atoms with Crippen LogP contribution in [0.5, 0.6) is 0 Å². The fraction of sp³-hybridized carbons (Fsp3) is 0.0769. The molecule has 1 N–H and O–H groups in total. The molecule has 18 heavy (non-hydrogen) atoms. The summed E-state index contributed by atoms with van der Waals surface area (Å²) in [5.41, 5.74) is 0.965. The maximum atomic E-state index is 13.4. The first-order chi connectivity index (χ1) is 8.50. The van der Waals surface area contributed by atoms with E-state index in [2.05, 4.69) is 31.9 Å². The Morgan fingerprint density at radius 1 is 1.11 bits per heavy atom. The number of aliphatic hydroxyl groups excluding tert-OH is 1. The maximum Gasteiger partial charge on any atom is 0.142 e. The Hall–Kier alpha value is -0.420. The van der Waals surface area contributed by atoms with Crippen molar-refractivity contribution < 1.29 is 9.50 Å². The molecule has 0 spiro atoms. The van der Waals surface area contributed by atoms with Gasteiger partial charge < -0.3 is 5.11 Å². The van der Waals surface area contributed by atoms with Crippen molar-refractivity contribution in [2.45, 2.75) is 6.10 Å². The lowest BCUT2D eigenvalue weighted by atomic mass is 10.0. The lowest BCUT2D eigenvalue weighted by Crippen LogP contribution is -2.02. The van der Waals surface area contributed by atoms with Crippen LogP contribution in [0.25, 0.3) is 0 Å². The molecule has 5 heteroatoms. The van der Waals surface area contributed by atoms with Crippen LogP contribution in [0.15, 0.2) is 45.3 Å². The summed E-state index contributed by atoms with van der Waals surface area (Å²) in [6.07, 6.45) is -0.986. The molecule has 0 fully saturated rings. The zero-order chi connectivity index (χ0) is 13.3. The molecule has 1 nitrogen and oxygen atoms in total. The number of aliphatic hydroxyl groups is 1. The maximum absolute atomic E-state index is 13.4. The van der Waals surface area contributed by atoms with E-state index in [1.807, 2.05) is 6.07 Å². The molecule has 1 atom stereocenters. The Labute approximate surface area is 126 Å². The average molecular weight is 394 g/mol. The number of rotatable bonds is 2. The first-order valence-corrected chi connectivity index (χ1v) is 7.04. The van der Waals surface area contributed by atoms with E-state index < -0.39 is 11.9 Å². The van der Waals surface area contributed by atoms with Crippen LogP contribution in [0.1, 0.15) is 17.2 Å². The smallest absolute Gasteiger partial charge is 0.142 e. The second-order valence-electron chi connectivity index (χ2n) is 3.71. The molecule has 1 unspecified atom stereocenters. The van der Waals surface area contributed by atoms with E-state index in [-0.39, 0.29) is 5.02 Å². The zero-order valence-corrected chi connectivity index (χ0v) is 12.9. The molecule has 0 heterocycles. The van der Waals surface area contributed by atoms with Gasteiger partial charge in [0.1, 0.15) is 11.9 Å². The van der Waals surface area contributed by atoms with E-state index in [0.29, 0.717) is 11.1 Å². The number of hydrogen-bond donors (Lipinski definition) is 1. The Balaban J connectivity index is 2.51. The molecule has 94 valence electrons. The number of halogens is 4. The molecule has 0 aromatic heterocycles. The summed E-state index contributed by atoms with van der Waals surface area (Å²) in [4.78, 5) is 0. The molecular formula is C13H8Br2ClFO. The molecule has 0 saturated carbocycles. The highest BCUT2D eigenvalue weighted by atomic mass is 79.9. The first-order valence-electron chi connectivity index (χ1n) is 5.07. The number of benzene rings is 2. The van der Waals surface area contributed by atoms with Crippen LogP contribution in [0.3, 0.4) is 0 Å². The van der Waals surface area contributed by atoms with Gasteiger partial charge in [-0.25, -0.2) is 4.39 Å². The molecule has 0 amide bonds. The monoisotopic (exact) mass is 392 g/mol. The van der Waals surface area contributed by atoms with Gasteiger partial charge in [-0.2, -0.15) is 0 Å². The van der Waals surface area contributed by atoms with Crippen molar-refractivity contribution >= 4 is 43.5 Å². The Morgan fingerprint density at radius 3 is 2.56 bits per heavy atom. The third kappa shape index (κ3) is 2.77. The van der Waals surface area contributed by atoms with Gasteiger partial charge in [0.25, 0.3) is 0 Å². The minimum atomic E-state index is -0.986. The van der Waals surface area contributed by atoms with Crippen LogP contribution in [-0.4, -0.2) is 5.11 Å². The van der Waals surface area contributed by atoms with Crippen LogP contribution in [0.4, 0.5) is 4.39 Å². The molecular weight excluding hydrogens is 386 g/mol. The molecule has 2 aromatic rings. The fourth-order valence-electron chi connectivity index (χ4n) is 1.62. The zero-order valence-electron chi connectivity index (χ0n) is 9.00. The van der Waals surface area contributed by atoms with Gasteiger partial charge in [0.05, 0.1) is 5.02 Å². The first kappa shape index (κ1) is 14.0. The van der Waals surface area contributed by atoms with Crippen molar-refractivity contribution in [3.05, 3.63) is 67.3 Å². The van der Waals surface area contributed by atoms with Crippen molar-refractivity contribution in [3.8, 4) is 0 Å². The van der Waals surface area contributed by atoms with Crippen molar-refractivity contribution in [3.63, 3.8) is 0 Å². The molecule has 2 aromatic carbocycles. The second-order valence-corrected chi connectivity index (χ2v) is 5.86. The molecule has 0 aliphatic carbocycles. The normalized spacial score (nSPS) is 12.5. The van der Waals surface area contributed by atoms with E-state index in [4.69, 9.17) is 11.6 Å². The number of hydrogen-bond acceptors (Lipinski definition) is 1. The van der Waals surface area contributed by atoms with Crippen molar-refractivity contribution in [1.82, 2.24) is 0 Å². The summed E-state index contributed by atoms with van der Waals surface area (Å²) in [6, 6.07) is 9.78. The SMILES string of the molecule is OC(c1cc(Br)ccc1Br)c1cccc(F)c1Cl. The van der Waals surface area contributed by atoms with E-state index >= 15 is 0 Å². The van der Waals surface area contributed by atoms with Crippen LogP contribution < -0.4 is 0 Å². The summed E-state index contributed by atoms with van der Waals surface area (Å²) >= 11 is 12.6. The van der Waals surface area contributed by atoms with Crippen LogP contribution in [-0.2, 0) is 0 Å². The van der Waals surface area contributed by atoms with Crippen molar-refractivity contribution in [2.75, 3.05) is 0 Å². The van der Waals surface area contributed by atoms with Crippen LogP contribution >= 0.6 is 43.5 Å². The molecule has 0 bridgehead atoms. The Kier molecular flexibility index (Phi) is 4.43. The predicted octanol–water partition coefficient (Wildman–Crippen LogP) is 5.09. The largest absolute Gasteiger partial charge is 0.384 e. The topological polar surface area (TPSA) is 20.2 Å². The van der Waals surface area contributed by atoms with Crippen LogP contribution in [0.2, 0.25) is 5.02 Å². The molecule has 2 rings (SSSR count). The Bertz CT molecular complexity index is 587. The minimum Gasteiger partial charge on any atom is -0.384 e. The summed E-state index contributed by atoms with van der Waals surface area (Å²) in [5.74, 6) is -0.542. The van der Waals surface area contributed by atoms with E-state index in [9.17, 15) is 9.50 Å². The summed E-state index contributed by atoms with van der Waals surface area (Å²) in [6.45, 7) is 0. The lowest BCUT2D eigenvalue weighted by Gasteiger charge is -2.15. The van der Waals surface area contributed by atoms with Gasteiger partial charge in [-0.05, 0) is 24.3 Å². The third-order valence-electron chi connectivity index (χ3n) is 2.53. The van der Waals surface area contributed by atoms with Crippen molar-refractivity contribution in [2.24, 2.45) is 0 Å².